The van der Waals surface area contributed by atoms with Crippen molar-refractivity contribution < 1.29 is 4.74 Å². The lowest BCUT2D eigenvalue weighted by Crippen LogP contribution is -2.08. The van der Waals surface area contributed by atoms with Crippen molar-refractivity contribution in [3.05, 3.63) is 60.7 Å². The van der Waals surface area contributed by atoms with Crippen LogP contribution in [0.5, 0.6) is 5.75 Å². The predicted molar refractivity (Wildman–Crippen MR) is 84.7 cm³/mol. The lowest BCUT2D eigenvalue weighted by atomic mass is 10.3. The number of anilines is 1. The molecule has 0 atom stereocenters. The first-order chi connectivity index (χ1) is 10.8. The molecule has 0 spiro atoms. The third-order valence-electron chi connectivity index (χ3n) is 3.24. The lowest BCUT2D eigenvalue weighted by Gasteiger charge is -2.09. The van der Waals surface area contributed by atoms with Crippen molar-refractivity contribution in [1.82, 2.24) is 19.6 Å². The SMILES string of the molecule is Cn1cc(CNc2cccc(OCCn3cccn3)c2)cn1. The van der Waals surface area contributed by atoms with E-state index in [1.165, 1.54) is 0 Å². The van der Waals surface area contributed by atoms with Crippen molar-refractivity contribution in [3.8, 4) is 5.75 Å². The highest BCUT2D eigenvalue weighted by atomic mass is 16.5. The van der Waals surface area contributed by atoms with E-state index in [0.717, 1.165) is 30.1 Å². The smallest absolute Gasteiger partial charge is 0.121 e. The zero-order valence-corrected chi connectivity index (χ0v) is 12.5. The first-order valence-electron chi connectivity index (χ1n) is 7.21. The number of nitrogens with one attached hydrogen (secondary N) is 1. The largest absolute Gasteiger partial charge is 0.492 e. The number of nitrogens with zero attached hydrogens (tertiary/aromatic N) is 4. The first-order valence-corrected chi connectivity index (χ1v) is 7.21. The normalized spacial score (nSPS) is 10.6. The van der Waals surface area contributed by atoms with E-state index in [0.29, 0.717) is 6.61 Å². The van der Waals surface area contributed by atoms with Gasteiger partial charge in [0.1, 0.15) is 12.4 Å². The third-order valence-corrected chi connectivity index (χ3v) is 3.24. The summed E-state index contributed by atoms with van der Waals surface area (Å²) in [5, 5.41) is 11.7. The molecule has 1 N–H and O–H groups in total. The number of aromatic nitrogens is 4. The van der Waals surface area contributed by atoms with Crippen molar-refractivity contribution in [2.24, 2.45) is 7.05 Å². The van der Waals surface area contributed by atoms with Gasteiger partial charge in [0.25, 0.3) is 0 Å². The maximum absolute atomic E-state index is 5.76. The summed E-state index contributed by atoms with van der Waals surface area (Å²) in [6.07, 6.45) is 7.55. The Morgan fingerprint density at radius 3 is 2.95 bits per heavy atom. The van der Waals surface area contributed by atoms with Gasteiger partial charge in [0.05, 0.1) is 12.7 Å². The Morgan fingerprint density at radius 1 is 1.23 bits per heavy atom. The Labute approximate surface area is 129 Å². The predicted octanol–water partition coefficient (Wildman–Crippen LogP) is 2.31. The van der Waals surface area contributed by atoms with Gasteiger partial charge in [-0.3, -0.25) is 9.36 Å². The molecule has 22 heavy (non-hydrogen) atoms. The van der Waals surface area contributed by atoms with Gasteiger partial charge in [-0.1, -0.05) is 6.07 Å². The number of ether oxygens (including phenoxy) is 1. The fourth-order valence-electron chi connectivity index (χ4n) is 2.15. The van der Waals surface area contributed by atoms with E-state index in [-0.39, 0.29) is 0 Å². The maximum atomic E-state index is 5.76. The number of hydrogen-bond acceptors (Lipinski definition) is 4. The molecule has 0 bridgehead atoms. The average Bonchev–Trinajstić information content (AvgIpc) is 3.17. The van der Waals surface area contributed by atoms with Crippen LogP contribution in [0.25, 0.3) is 0 Å². The van der Waals surface area contributed by atoms with Gasteiger partial charge in [-0.2, -0.15) is 10.2 Å². The molecule has 6 nitrogen and oxygen atoms in total. The Kier molecular flexibility index (Phi) is 4.38. The summed E-state index contributed by atoms with van der Waals surface area (Å²) in [5.41, 5.74) is 2.17. The van der Waals surface area contributed by atoms with Crippen molar-refractivity contribution in [2.75, 3.05) is 11.9 Å². The molecule has 0 aliphatic rings. The molecule has 2 aromatic heterocycles. The van der Waals surface area contributed by atoms with Gasteiger partial charge in [0.15, 0.2) is 0 Å². The van der Waals surface area contributed by atoms with E-state index in [9.17, 15) is 0 Å². The highest BCUT2D eigenvalue weighted by molar-refractivity contribution is 5.48. The monoisotopic (exact) mass is 297 g/mol. The Balaban J connectivity index is 1.51. The molecule has 1 aromatic carbocycles. The summed E-state index contributed by atoms with van der Waals surface area (Å²) in [4.78, 5) is 0. The second-order valence-electron chi connectivity index (χ2n) is 5.02. The van der Waals surface area contributed by atoms with Gasteiger partial charge >= 0.3 is 0 Å². The molecule has 0 saturated carbocycles. The van der Waals surface area contributed by atoms with Gasteiger partial charge in [-0.15, -0.1) is 0 Å². The van der Waals surface area contributed by atoms with Crippen LogP contribution in [0.2, 0.25) is 0 Å². The highest BCUT2D eigenvalue weighted by Gasteiger charge is 1.99. The van der Waals surface area contributed by atoms with Crippen LogP contribution < -0.4 is 10.1 Å². The minimum atomic E-state index is 0.591. The lowest BCUT2D eigenvalue weighted by molar-refractivity contribution is 0.291. The van der Waals surface area contributed by atoms with E-state index in [1.54, 1.807) is 10.9 Å². The summed E-state index contributed by atoms with van der Waals surface area (Å²) in [6.45, 7) is 2.07. The fourth-order valence-corrected chi connectivity index (χ4v) is 2.15. The Bertz CT molecular complexity index is 705. The van der Waals surface area contributed by atoms with Gasteiger partial charge in [0, 0.05) is 49.5 Å². The van der Waals surface area contributed by atoms with Gasteiger partial charge in [0.2, 0.25) is 0 Å². The van der Waals surface area contributed by atoms with E-state index in [1.807, 2.05) is 60.7 Å². The molecule has 0 saturated heterocycles. The molecular formula is C16H19N5O. The van der Waals surface area contributed by atoms with Crippen LogP contribution in [0.3, 0.4) is 0 Å². The topological polar surface area (TPSA) is 56.9 Å². The first kappa shape index (κ1) is 14.2. The van der Waals surface area contributed by atoms with Crippen LogP contribution in [0.15, 0.2) is 55.1 Å². The standard InChI is InChI=1S/C16H19N5O/c1-20-13-14(12-19-20)11-17-15-4-2-5-16(10-15)22-9-8-21-7-3-6-18-21/h2-7,10,12-13,17H,8-9,11H2,1H3. The molecule has 0 aliphatic carbocycles. The number of benzene rings is 1. The fraction of sp³-hybridized carbons (Fsp3) is 0.250. The Hall–Kier alpha value is -2.76. The molecule has 3 rings (SSSR count). The molecule has 0 fully saturated rings. The van der Waals surface area contributed by atoms with Crippen molar-refractivity contribution in [2.45, 2.75) is 13.1 Å². The minimum Gasteiger partial charge on any atom is -0.492 e. The molecule has 0 aliphatic heterocycles. The van der Waals surface area contributed by atoms with Gasteiger partial charge in [-0.05, 0) is 18.2 Å². The molecule has 6 heteroatoms. The molecule has 0 radical (unpaired) electrons. The summed E-state index contributed by atoms with van der Waals surface area (Å²) >= 11 is 0. The molecule has 2 heterocycles. The zero-order chi connectivity index (χ0) is 15.2. The molecule has 114 valence electrons. The van der Waals surface area contributed by atoms with Crippen LogP contribution in [0.1, 0.15) is 5.56 Å². The zero-order valence-electron chi connectivity index (χ0n) is 12.5. The van der Waals surface area contributed by atoms with Gasteiger partial charge < -0.3 is 10.1 Å². The van der Waals surface area contributed by atoms with E-state index < -0.39 is 0 Å². The second kappa shape index (κ2) is 6.80. The summed E-state index contributed by atoms with van der Waals surface area (Å²) < 4.78 is 9.41. The third kappa shape index (κ3) is 3.88. The van der Waals surface area contributed by atoms with Crippen molar-refractivity contribution in [1.29, 1.82) is 0 Å². The highest BCUT2D eigenvalue weighted by Crippen LogP contribution is 2.18. The number of hydrogen-bond donors (Lipinski definition) is 1. The molecule has 0 amide bonds. The van der Waals surface area contributed by atoms with Gasteiger partial charge in [-0.25, -0.2) is 0 Å². The summed E-state index contributed by atoms with van der Waals surface area (Å²) in [6, 6.07) is 9.87. The van der Waals surface area contributed by atoms with E-state index in [4.69, 9.17) is 4.74 Å². The van der Waals surface area contributed by atoms with Crippen LogP contribution in [0, 0.1) is 0 Å². The summed E-state index contributed by atoms with van der Waals surface area (Å²) in [5.74, 6) is 0.850. The number of rotatable bonds is 7. The minimum absolute atomic E-state index is 0.591. The maximum Gasteiger partial charge on any atom is 0.121 e. The number of aryl methyl sites for hydroxylation is 1. The molecule has 0 unspecified atom stereocenters. The Morgan fingerprint density at radius 2 is 2.18 bits per heavy atom. The molecular weight excluding hydrogens is 278 g/mol. The van der Waals surface area contributed by atoms with Crippen LogP contribution in [0.4, 0.5) is 5.69 Å². The second-order valence-corrected chi connectivity index (χ2v) is 5.02. The molecule has 3 aromatic rings. The summed E-state index contributed by atoms with van der Waals surface area (Å²) in [7, 11) is 1.91. The van der Waals surface area contributed by atoms with E-state index in [2.05, 4.69) is 15.5 Å². The van der Waals surface area contributed by atoms with Crippen LogP contribution in [-0.2, 0) is 20.1 Å². The quantitative estimate of drug-likeness (QED) is 0.727. The van der Waals surface area contributed by atoms with E-state index >= 15 is 0 Å². The van der Waals surface area contributed by atoms with Crippen LogP contribution >= 0.6 is 0 Å². The van der Waals surface area contributed by atoms with Crippen LogP contribution in [-0.4, -0.2) is 26.2 Å². The van der Waals surface area contributed by atoms with Crippen molar-refractivity contribution in [3.63, 3.8) is 0 Å². The van der Waals surface area contributed by atoms with Crippen molar-refractivity contribution >= 4 is 5.69 Å². The average molecular weight is 297 g/mol.